The van der Waals surface area contributed by atoms with E-state index in [0.29, 0.717) is 0 Å². The maximum atomic E-state index is 14.4. The molecule has 0 radical (unpaired) electrons. The van der Waals surface area contributed by atoms with Gasteiger partial charge in [-0.3, -0.25) is 9.20 Å². The summed E-state index contributed by atoms with van der Waals surface area (Å²) in [6, 6.07) is 67.6. The SMILES string of the molecule is O=c1c2ccccc2c2ccc(-c3ccc(-n4c5ccccc5c5ccc6c7ccccc7n(-c7ccccc7)c6c54)c4c3sc3ccccc34)c3c4ccccc4n1c23. The molecule has 0 aliphatic rings. The zero-order valence-corrected chi connectivity index (χ0v) is 32.9. The summed E-state index contributed by atoms with van der Waals surface area (Å²) >= 11 is 1.85. The van der Waals surface area contributed by atoms with Crippen molar-refractivity contribution in [3.63, 3.8) is 0 Å². The Balaban J connectivity index is 1.16. The van der Waals surface area contributed by atoms with Crippen LogP contribution in [-0.2, 0) is 0 Å². The van der Waals surface area contributed by atoms with E-state index in [4.69, 9.17) is 0 Å². The summed E-state index contributed by atoms with van der Waals surface area (Å²) in [5, 5.41) is 12.4. The monoisotopic (exact) mass is 781 g/mol. The number of hydrogen-bond donors (Lipinski definition) is 0. The van der Waals surface area contributed by atoms with Crippen LogP contribution in [0.1, 0.15) is 0 Å². The minimum atomic E-state index is 0.0226. The van der Waals surface area contributed by atoms with Crippen molar-refractivity contribution in [1.29, 1.82) is 0 Å². The summed E-state index contributed by atoms with van der Waals surface area (Å²) < 4.78 is 9.42. The topological polar surface area (TPSA) is 31.3 Å². The first-order valence-corrected chi connectivity index (χ1v) is 21.2. The molecular weight excluding hydrogens is 751 g/mol. The van der Waals surface area contributed by atoms with E-state index in [9.17, 15) is 4.79 Å². The molecule has 0 fully saturated rings. The van der Waals surface area contributed by atoms with Gasteiger partial charge in [0.2, 0.25) is 0 Å². The van der Waals surface area contributed by atoms with Crippen molar-refractivity contribution in [3.05, 3.63) is 198 Å². The van der Waals surface area contributed by atoms with Gasteiger partial charge >= 0.3 is 0 Å². The molecule has 9 aromatic carbocycles. The standard InChI is InChI=1S/C55H31N3OS/c59-55-41-19-5-4-16-33(41)37-27-26-36(49-42-20-8-12-24-46(42)58(55)51(37)49)40-30-31-47(50-43-21-9-13-25-48(43)60-54(40)50)57-45-23-11-7-18-35(45)39-29-28-38-34-17-6-10-22-44(34)56(52(38)53(39)57)32-14-2-1-3-15-32/h1-31H. The fourth-order valence-electron chi connectivity index (χ4n) is 10.6. The van der Waals surface area contributed by atoms with Crippen LogP contribution < -0.4 is 5.56 Å². The van der Waals surface area contributed by atoms with E-state index in [1.54, 1.807) is 0 Å². The minimum Gasteiger partial charge on any atom is -0.307 e. The highest BCUT2D eigenvalue weighted by atomic mass is 32.1. The molecule has 0 amide bonds. The Morgan fingerprint density at radius 1 is 0.350 bits per heavy atom. The number of para-hydroxylation sites is 4. The Labute approximate surface area is 345 Å². The van der Waals surface area contributed by atoms with Gasteiger partial charge in [-0.15, -0.1) is 11.3 Å². The molecule has 0 N–H and O–H groups in total. The van der Waals surface area contributed by atoms with Crippen LogP contribution in [0.4, 0.5) is 0 Å². The van der Waals surface area contributed by atoms with Crippen LogP contribution in [0.2, 0.25) is 0 Å². The predicted molar refractivity (Wildman–Crippen MR) is 254 cm³/mol. The number of fused-ring (bicyclic) bond motifs is 15. The number of aromatic nitrogens is 3. The lowest BCUT2D eigenvalue weighted by Crippen LogP contribution is -2.12. The third-order valence-electron chi connectivity index (χ3n) is 13.0. The highest BCUT2D eigenvalue weighted by molar-refractivity contribution is 7.26. The molecule has 0 aliphatic carbocycles. The molecule has 0 saturated heterocycles. The second-order valence-electron chi connectivity index (χ2n) is 15.9. The van der Waals surface area contributed by atoms with Gasteiger partial charge in [-0.2, -0.15) is 0 Å². The predicted octanol–water partition coefficient (Wildman–Crippen LogP) is 14.4. The highest BCUT2D eigenvalue weighted by Crippen LogP contribution is 2.49. The number of nitrogens with zero attached hydrogens (tertiary/aromatic N) is 3. The highest BCUT2D eigenvalue weighted by Gasteiger charge is 2.26. The normalized spacial score (nSPS) is 12.4. The summed E-state index contributed by atoms with van der Waals surface area (Å²) in [5.74, 6) is 0. The Hall–Kier alpha value is -7.73. The quantitative estimate of drug-likeness (QED) is 0.164. The number of rotatable bonds is 3. The lowest BCUT2D eigenvalue weighted by molar-refractivity contribution is 1.16. The van der Waals surface area contributed by atoms with Gasteiger partial charge in [-0.05, 0) is 59.5 Å². The molecule has 0 saturated carbocycles. The van der Waals surface area contributed by atoms with E-state index in [2.05, 4.69) is 173 Å². The summed E-state index contributed by atoms with van der Waals surface area (Å²) in [5.41, 5.74) is 11.3. The molecule has 0 aliphatic heterocycles. The van der Waals surface area contributed by atoms with Gasteiger partial charge in [-0.25, -0.2) is 0 Å². The molecular formula is C55H31N3OS. The second-order valence-corrected chi connectivity index (χ2v) is 17.0. The van der Waals surface area contributed by atoms with Gasteiger partial charge in [0.1, 0.15) is 0 Å². The van der Waals surface area contributed by atoms with Gasteiger partial charge in [0.15, 0.2) is 0 Å². The van der Waals surface area contributed by atoms with Crippen molar-refractivity contribution >= 4 is 113 Å². The first-order chi connectivity index (χ1) is 29.7. The van der Waals surface area contributed by atoms with E-state index < -0.39 is 0 Å². The van der Waals surface area contributed by atoms with Crippen molar-refractivity contribution in [2.24, 2.45) is 0 Å². The van der Waals surface area contributed by atoms with Crippen LogP contribution in [-0.4, -0.2) is 13.5 Å². The summed E-state index contributed by atoms with van der Waals surface area (Å²) in [6.45, 7) is 0. The van der Waals surface area contributed by atoms with Crippen LogP contribution in [0, 0.1) is 0 Å². The number of thiophene rings is 1. The number of hydrogen-bond acceptors (Lipinski definition) is 2. The average molecular weight is 782 g/mol. The van der Waals surface area contributed by atoms with Crippen molar-refractivity contribution in [3.8, 4) is 22.5 Å². The Kier molecular flexibility index (Phi) is 6.28. The van der Waals surface area contributed by atoms with E-state index in [-0.39, 0.29) is 5.56 Å². The van der Waals surface area contributed by atoms with Crippen molar-refractivity contribution in [1.82, 2.24) is 13.5 Å². The lowest BCUT2D eigenvalue weighted by Gasteiger charge is -2.16. The Morgan fingerprint density at radius 2 is 0.883 bits per heavy atom. The smallest absolute Gasteiger partial charge is 0.263 e. The molecule has 0 unspecified atom stereocenters. The summed E-state index contributed by atoms with van der Waals surface area (Å²) in [7, 11) is 0. The second kappa shape index (κ2) is 11.7. The molecule has 278 valence electrons. The van der Waals surface area contributed by atoms with Gasteiger partial charge in [0.05, 0.1) is 38.8 Å². The third kappa shape index (κ3) is 4.02. The van der Waals surface area contributed by atoms with Gasteiger partial charge < -0.3 is 9.13 Å². The van der Waals surface area contributed by atoms with Crippen LogP contribution in [0.3, 0.4) is 0 Å². The molecule has 5 aromatic heterocycles. The zero-order valence-electron chi connectivity index (χ0n) is 32.1. The summed E-state index contributed by atoms with van der Waals surface area (Å²) in [4.78, 5) is 14.4. The molecule has 0 spiro atoms. The first-order valence-electron chi connectivity index (χ1n) is 20.4. The van der Waals surface area contributed by atoms with E-state index in [1.807, 2.05) is 40.0 Å². The van der Waals surface area contributed by atoms with Gasteiger partial charge in [-0.1, -0.05) is 140 Å². The minimum absolute atomic E-state index is 0.0226. The van der Waals surface area contributed by atoms with E-state index >= 15 is 0 Å². The van der Waals surface area contributed by atoms with Crippen molar-refractivity contribution < 1.29 is 0 Å². The van der Waals surface area contributed by atoms with Crippen LogP contribution in [0.25, 0.3) is 124 Å². The van der Waals surface area contributed by atoms with Gasteiger partial charge in [0, 0.05) is 74.5 Å². The maximum absolute atomic E-state index is 14.4. The van der Waals surface area contributed by atoms with Crippen LogP contribution in [0.5, 0.6) is 0 Å². The molecule has 0 atom stereocenters. The first kappa shape index (κ1) is 32.3. The van der Waals surface area contributed by atoms with Gasteiger partial charge in [0.25, 0.3) is 5.56 Å². The Bertz CT molecular complexity index is 4200. The molecule has 5 heteroatoms. The molecule has 14 rings (SSSR count). The van der Waals surface area contributed by atoms with Crippen LogP contribution in [0.15, 0.2) is 193 Å². The van der Waals surface area contributed by atoms with Crippen molar-refractivity contribution in [2.75, 3.05) is 0 Å². The average Bonchev–Trinajstić information content (AvgIpc) is 4.06. The van der Waals surface area contributed by atoms with Crippen molar-refractivity contribution in [2.45, 2.75) is 0 Å². The zero-order chi connectivity index (χ0) is 39.2. The molecule has 0 bridgehead atoms. The maximum Gasteiger partial charge on any atom is 0.263 e. The fourth-order valence-corrected chi connectivity index (χ4v) is 11.8. The molecule has 4 nitrogen and oxygen atoms in total. The third-order valence-corrected chi connectivity index (χ3v) is 14.2. The fraction of sp³-hybridized carbons (Fsp3) is 0. The lowest BCUT2D eigenvalue weighted by atomic mass is 9.94. The Morgan fingerprint density at radius 3 is 1.63 bits per heavy atom. The van der Waals surface area contributed by atoms with Crippen LogP contribution >= 0.6 is 11.3 Å². The largest absolute Gasteiger partial charge is 0.307 e. The van der Waals surface area contributed by atoms with E-state index in [0.717, 1.165) is 54.9 Å². The number of benzene rings is 9. The van der Waals surface area contributed by atoms with E-state index in [1.165, 1.54) is 69.3 Å². The summed E-state index contributed by atoms with van der Waals surface area (Å²) in [6.07, 6.45) is 0. The molecule has 5 heterocycles. The molecule has 14 aromatic rings. The molecule has 60 heavy (non-hydrogen) atoms. The number of pyridine rings is 1.